The first-order valence-corrected chi connectivity index (χ1v) is 7.25. The second-order valence-electron chi connectivity index (χ2n) is 4.54. The third-order valence-corrected chi connectivity index (χ3v) is 3.75. The van der Waals surface area contributed by atoms with E-state index < -0.39 is 0 Å². The summed E-state index contributed by atoms with van der Waals surface area (Å²) in [6.45, 7) is 2.10. The molecule has 0 radical (unpaired) electrons. The van der Waals surface area contributed by atoms with E-state index in [0.717, 1.165) is 28.8 Å². The largest absolute Gasteiger partial charge is 0.457 e. The third-order valence-electron chi connectivity index (χ3n) is 3.01. The molecule has 2 nitrogen and oxygen atoms in total. The molecule has 0 heterocycles. The number of para-hydroxylation sites is 1. The first-order valence-electron chi connectivity index (χ1n) is 6.46. The van der Waals surface area contributed by atoms with Gasteiger partial charge < -0.3 is 10.5 Å². The molecule has 3 heteroatoms. The van der Waals surface area contributed by atoms with E-state index in [1.165, 1.54) is 5.56 Å². The maximum atomic E-state index is 5.98. The predicted octanol–water partition coefficient (Wildman–Crippen LogP) is 4.52. The number of halogens is 1. The van der Waals surface area contributed by atoms with E-state index in [0.29, 0.717) is 0 Å². The van der Waals surface area contributed by atoms with Gasteiger partial charge in [-0.3, -0.25) is 0 Å². The summed E-state index contributed by atoms with van der Waals surface area (Å²) >= 11 is 3.58. The zero-order valence-electron chi connectivity index (χ0n) is 11.0. The molecule has 0 aromatic heterocycles. The minimum atomic E-state index is 0.206. The van der Waals surface area contributed by atoms with Crippen LogP contribution in [0.1, 0.15) is 18.9 Å². The van der Waals surface area contributed by atoms with Gasteiger partial charge in [-0.05, 0) is 42.7 Å². The van der Waals surface area contributed by atoms with Crippen molar-refractivity contribution in [2.24, 2.45) is 5.73 Å². The van der Waals surface area contributed by atoms with Gasteiger partial charge in [-0.2, -0.15) is 0 Å². The van der Waals surface area contributed by atoms with Crippen LogP contribution < -0.4 is 10.5 Å². The summed E-state index contributed by atoms with van der Waals surface area (Å²) in [4.78, 5) is 0. The summed E-state index contributed by atoms with van der Waals surface area (Å²) in [6.07, 6.45) is 1.86. The van der Waals surface area contributed by atoms with Crippen LogP contribution in [0.15, 0.2) is 53.0 Å². The van der Waals surface area contributed by atoms with Gasteiger partial charge in [0.15, 0.2) is 0 Å². The molecule has 0 amide bonds. The van der Waals surface area contributed by atoms with Crippen molar-refractivity contribution in [2.45, 2.75) is 25.8 Å². The van der Waals surface area contributed by atoms with Crippen LogP contribution in [0.5, 0.6) is 11.5 Å². The Hall–Kier alpha value is -1.32. The molecule has 2 aromatic rings. The summed E-state index contributed by atoms with van der Waals surface area (Å²) in [7, 11) is 0. The number of rotatable bonds is 5. The van der Waals surface area contributed by atoms with Crippen LogP contribution in [-0.4, -0.2) is 6.04 Å². The molecule has 0 aliphatic rings. The van der Waals surface area contributed by atoms with E-state index in [9.17, 15) is 0 Å². The molecule has 1 unspecified atom stereocenters. The molecule has 2 rings (SSSR count). The van der Waals surface area contributed by atoms with Gasteiger partial charge in [-0.1, -0.05) is 47.1 Å². The van der Waals surface area contributed by atoms with E-state index in [4.69, 9.17) is 10.5 Å². The van der Waals surface area contributed by atoms with Crippen molar-refractivity contribution in [3.05, 3.63) is 58.6 Å². The highest BCUT2D eigenvalue weighted by molar-refractivity contribution is 9.10. The Morgan fingerprint density at radius 2 is 1.84 bits per heavy atom. The zero-order chi connectivity index (χ0) is 13.7. The van der Waals surface area contributed by atoms with Gasteiger partial charge in [0.2, 0.25) is 0 Å². The van der Waals surface area contributed by atoms with Crippen molar-refractivity contribution in [1.82, 2.24) is 0 Å². The Balaban J connectivity index is 2.10. The molecule has 0 bridgehead atoms. The molecule has 0 saturated heterocycles. The summed E-state index contributed by atoms with van der Waals surface area (Å²) in [5.74, 6) is 1.67. The second-order valence-corrected chi connectivity index (χ2v) is 5.40. The normalized spacial score (nSPS) is 12.2. The highest BCUT2D eigenvalue weighted by atomic mass is 79.9. The topological polar surface area (TPSA) is 35.2 Å². The van der Waals surface area contributed by atoms with Crippen molar-refractivity contribution in [1.29, 1.82) is 0 Å². The molecular weight excluding hydrogens is 302 g/mol. The van der Waals surface area contributed by atoms with Gasteiger partial charge in [0, 0.05) is 10.5 Å². The Kier molecular flexibility index (Phi) is 5.00. The average Bonchev–Trinajstić information content (AvgIpc) is 2.43. The fraction of sp³-hybridized carbons (Fsp3) is 0.250. The minimum Gasteiger partial charge on any atom is -0.457 e. The van der Waals surface area contributed by atoms with Crippen LogP contribution in [-0.2, 0) is 6.42 Å². The van der Waals surface area contributed by atoms with Gasteiger partial charge in [0.25, 0.3) is 0 Å². The fourth-order valence-corrected chi connectivity index (χ4v) is 2.33. The van der Waals surface area contributed by atoms with Gasteiger partial charge >= 0.3 is 0 Å². The fourth-order valence-electron chi connectivity index (χ4n) is 1.81. The number of nitrogens with two attached hydrogens (primary N) is 1. The molecule has 0 aliphatic carbocycles. The lowest BCUT2D eigenvalue weighted by molar-refractivity contribution is 0.482. The molecule has 0 aliphatic heterocycles. The Morgan fingerprint density at radius 1 is 1.11 bits per heavy atom. The van der Waals surface area contributed by atoms with Gasteiger partial charge in [-0.15, -0.1) is 0 Å². The SMILES string of the molecule is CCC(N)Cc1ccc(Oc2ccccc2)cc1Br. The smallest absolute Gasteiger partial charge is 0.128 e. The van der Waals surface area contributed by atoms with Crippen LogP contribution in [0, 0.1) is 0 Å². The lowest BCUT2D eigenvalue weighted by Gasteiger charge is -2.12. The lowest BCUT2D eigenvalue weighted by Crippen LogP contribution is -2.21. The third kappa shape index (κ3) is 4.08. The van der Waals surface area contributed by atoms with Crippen molar-refractivity contribution < 1.29 is 4.74 Å². The van der Waals surface area contributed by atoms with Crippen LogP contribution in [0.25, 0.3) is 0 Å². The Labute approximate surface area is 122 Å². The van der Waals surface area contributed by atoms with Crippen molar-refractivity contribution in [3.8, 4) is 11.5 Å². The highest BCUT2D eigenvalue weighted by Gasteiger charge is 2.07. The molecular formula is C16H18BrNO. The monoisotopic (exact) mass is 319 g/mol. The second kappa shape index (κ2) is 6.73. The molecule has 19 heavy (non-hydrogen) atoms. The first-order chi connectivity index (χ1) is 9.19. The summed E-state index contributed by atoms with van der Waals surface area (Å²) in [5.41, 5.74) is 7.20. The van der Waals surface area contributed by atoms with Crippen LogP contribution in [0.4, 0.5) is 0 Å². The predicted molar refractivity (Wildman–Crippen MR) is 82.6 cm³/mol. The van der Waals surface area contributed by atoms with Crippen molar-refractivity contribution in [3.63, 3.8) is 0 Å². The van der Waals surface area contributed by atoms with Gasteiger partial charge in [-0.25, -0.2) is 0 Å². The number of hydrogen-bond donors (Lipinski definition) is 1. The standard InChI is InChI=1S/C16H18BrNO/c1-2-13(18)10-12-8-9-15(11-16(12)17)19-14-6-4-3-5-7-14/h3-9,11,13H,2,10,18H2,1H3. The Morgan fingerprint density at radius 3 is 2.47 bits per heavy atom. The van der Waals surface area contributed by atoms with E-state index in [2.05, 4.69) is 28.9 Å². The highest BCUT2D eigenvalue weighted by Crippen LogP contribution is 2.27. The quantitative estimate of drug-likeness (QED) is 0.879. The number of hydrogen-bond acceptors (Lipinski definition) is 2. The minimum absolute atomic E-state index is 0.206. The molecule has 2 N–H and O–H groups in total. The first kappa shape index (κ1) is 14.1. The molecule has 2 aromatic carbocycles. The average molecular weight is 320 g/mol. The van der Waals surface area contributed by atoms with Crippen molar-refractivity contribution in [2.75, 3.05) is 0 Å². The number of benzene rings is 2. The molecule has 100 valence electrons. The number of ether oxygens (including phenoxy) is 1. The van der Waals surface area contributed by atoms with Crippen LogP contribution >= 0.6 is 15.9 Å². The zero-order valence-corrected chi connectivity index (χ0v) is 12.6. The summed E-state index contributed by atoms with van der Waals surface area (Å²) in [6, 6.07) is 16.0. The summed E-state index contributed by atoms with van der Waals surface area (Å²) < 4.78 is 6.83. The Bertz CT molecular complexity index is 528. The summed E-state index contributed by atoms with van der Waals surface area (Å²) in [5, 5.41) is 0. The van der Waals surface area contributed by atoms with E-state index >= 15 is 0 Å². The van der Waals surface area contributed by atoms with Crippen molar-refractivity contribution >= 4 is 15.9 Å². The van der Waals surface area contributed by atoms with E-state index in [-0.39, 0.29) is 6.04 Å². The molecule has 0 spiro atoms. The lowest BCUT2D eigenvalue weighted by atomic mass is 10.0. The van der Waals surface area contributed by atoms with Gasteiger partial charge in [0.1, 0.15) is 11.5 Å². The maximum Gasteiger partial charge on any atom is 0.128 e. The van der Waals surface area contributed by atoms with Crippen LogP contribution in [0.3, 0.4) is 0 Å². The van der Waals surface area contributed by atoms with E-state index in [1.807, 2.05) is 42.5 Å². The maximum absolute atomic E-state index is 5.98. The molecule has 1 atom stereocenters. The molecule has 0 saturated carbocycles. The van der Waals surface area contributed by atoms with Gasteiger partial charge in [0.05, 0.1) is 0 Å². The van der Waals surface area contributed by atoms with E-state index in [1.54, 1.807) is 0 Å². The molecule has 0 fully saturated rings. The van der Waals surface area contributed by atoms with Crippen LogP contribution in [0.2, 0.25) is 0 Å².